The number of ketones is 1. The third-order valence-corrected chi connectivity index (χ3v) is 4.22. The molecule has 1 aliphatic carbocycles. The Hall–Kier alpha value is -1.18. The van der Waals surface area contributed by atoms with Gasteiger partial charge in [-0.1, -0.05) is 12.1 Å². The van der Waals surface area contributed by atoms with Crippen molar-refractivity contribution < 1.29 is 19.0 Å². The van der Waals surface area contributed by atoms with E-state index < -0.39 is 5.79 Å². The second-order valence-electron chi connectivity index (χ2n) is 4.22. The van der Waals surface area contributed by atoms with E-state index >= 15 is 0 Å². The van der Waals surface area contributed by atoms with Gasteiger partial charge in [-0.2, -0.15) is 0 Å². The Kier molecular flexibility index (Phi) is 4.95. The van der Waals surface area contributed by atoms with E-state index in [4.69, 9.17) is 14.2 Å². The van der Waals surface area contributed by atoms with Crippen LogP contribution in [0.15, 0.2) is 42.5 Å². The molecular weight excluding hydrogens is 371 g/mol. The van der Waals surface area contributed by atoms with Crippen molar-refractivity contribution in [1.29, 1.82) is 0 Å². The van der Waals surface area contributed by atoms with Crippen LogP contribution in [0.25, 0.3) is 0 Å². The molecule has 2 rings (SSSR count). The largest absolute Gasteiger partial charge is 0.496 e. The lowest BCUT2D eigenvalue weighted by molar-refractivity contribution is -0.162. The van der Waals surface area contributed by atoms with Crippen LogP contribution in [0.5, 0.6) is 5.75 Å². The molecule has 5 heteroatoms. The highest BCUT2D eigenvalue weighted by atomic mass is 127. The first kappa shape index (κ1) is 15.2. The van der Waals surface area contributed by atoms with Crippen molar-refractivity contribution in [2.75, 3.05) is 14.2 Å². The van der Waals surface area contributed by atoms with Crippen molar-refractivity contribution >= 4 is 28.4 Å². The lowest BCUT2D eigenvalue weighted by Crippen LogP contribution is -2.32. The SMILES string of the molecule is COc1cccc(COC2(OC)C=CC(=O)C=C2)c1I. The average molecular weight is 386 g/mol. The van der Waals surface area contributed by atoms with Crippen molar-refractivity contribution in [2.45, 2.75) is 12.4 Å². The maximum Gasteiger partial charge on any atom is 0.208 e. The summed E-state index contributed by atoms with van der Waals surface area (Å²) < 4.78 is 17.5. The average Bonchev–Trinajstić information content (AvgIpc) is 2.48. The summed E-state index contributed by atoms with van der Waals surface area (Å²) >= 11 is 2.22. The van der Waals surface area contributed by atoms with Crippen LogP contribution in [0.4, 0.5) is 0 Å². The minimum Gasteiger partial charge on any atom is -0.496 e. The standard InChI is InChI=1S/C15H15IO4/c1-18-13-5-3-4-11(14(13)16)10-20-15(19-2)8-6-12(17)7-9-15/h3-9H,10H2,1-2H3. The second-order valence-corrected chi connectivity index (χ2v) is 5.30. The summed E-state index contributed by atoms with van der Waals surface area (Å²) in [5.41, 5.74) is 1.00. The first-order chi connectivity index (χ1) is 9.60. The first-order valence-corrected chi connectivity index (χ1v) is 7.11. The summed E-state index contributed by atoms with van der Waals surface area (Å²) in [4.78, 5) is 11.2. The number of allylic oxidation sites excluding steroid dienone is 2. The van der Waals surface area contributed by atoms with E-state index in [-0.39, 0.29) is 5.78 Å². The maximum absolute atomic E-state index is 11.2. The van der Waals surface area contributed by atoms with Crippen LogP contribution in [-0.4, -0.2) is 25.8 Å². The molecule has 0 bridgehead atoms. The fourth-order valence-corrected chi connectivity index (χ4v) is 2.55. The molecule has 1 aromatic carbocycles. The normalized spacial score (nSPS) is 16.4. The number of hydrogen-bond donors (Lipinski definition) is 0. The topological polar surface area (TPSA) is 44.8 Å². The summed E-state index contributed by atoms with van der Waals surface area (Å²) in [5.74, 6) is -0.250. The molecule has 0 amide bonds. The summed E-state index contributed by atoms with van der Waals surface area (Å²) in [6.45, 7) is 0.353. The zero-order valence-corrected chi connectivity index (χ0v) is 13.4. The van der Waals surface area contributed by atoms with Gasteiger partial charge < -0.3 is 14.2 Å². The molecule has 0 fully saturated rings. The number of ether oxygens (including phenoxy) is 3. The number of halogens is 1. The molecule has 0 spiro atoms. The Morgan fingerprint density at radius 3 is 2.50 bits per heavy atom. The first-order valence-electron chi connectivity index (χ1n) is 6.03. The highest BCUT2D eigenvalue weighted by Crippen LogP contribution is 2.27. The Morgan fingerprint density at radius 2 is 1.90 bits per heavy atom. The van der Waals surface area contributed by atoms with Crippen molar-refractivity contribution in [3.8, 4) is 5.75 Å². The number of carbonyl (C=O) groups excluding carboxylic acids is 1. The molecule has 0 radical (unpaired) electrons. The van der Waals surface area contributed by atoms with E-state index in [0.717, 1.165) is 14.9 Å². The number of rotatable bonds is 5. The molecule has 0 unspecified atom stereocenters. The molecule has 0 atom stereocenters. The van der Waals surface area contributed by atoms with E-state index in [1.807, 2.05) is 18.2 Å². The van der Waals surface area contributed by atoms with E-state index in [0.29, 0.717) is 6.61 Å². The van der Waals surface area contributed by atoms with Gasteiger partial charge in [0.25, 0.3) is 0 Å². The number of carbonyl (C=O) groups is 1. The summed E-state index contributed by atoms with van der Waals surface area (Å²) in [5, 5.41) is 0. The van der Waals surface area contributed by atoms with Crippen LogP contribution in [0.3, 0.4) is 0 Å². The molecule has 0 aromatic heterocycles. The van der Waals surface area contributed by atoms with Gasteiger partial charge in [-0.15, -0.1) is 0 Å². The summed E-state index contributed by atoms with van der Waals surface area (Å²) in [6, 6.07) is 5.78. The van der Waals surface area contributed by atoms with E-state index in [2.05, 4.69) is 22.6 Å². The Labute approximate surface area is 131 Å². The van der Waals surface area contributed by atoms with Gasteiger partial charge in [0, 0.05) is 7.11 Å². The van der Waals surface area contributed by atoms with Crippen LogP contribution in [0, 0.1) is 3.57 Å². The van der Waals surface area contributed by atoms with Crippen molar-refractivity contribution in [2.24, 2.45) is 0 Å². The molecule has 1 aliphatic rings. The van der Waals surface area contributed by atoms with Crippen LogP contribution in [-0.2, 0) is 20.9 Å². The van der Waals surface area contributed by atoms with Gasteiger partial charge >= 0.3 is 0 Å². The molecule has 1 aromatic rings. The van der Waals surface area contributed by atoms with Crippen LogP contribution in [0.1, 0.15) is 5.56 Å². The van der Waals surface area contributed by atoms with Gasteiger partial charge in [0.05, 0.1) is 17.3 Å². The molecule has 0 saturated carbocycles. The third kappa shape index (κ3) is 3.28. The number of methoxy groups -OCH3 is 2. The van der Waals surface area contributed by atoms with Gasteiger partial charge in [-0.05, 0) is 58.5 Å². The highest BCUT2D eigenvalue weighted by molar-refractivity contribution is 14.1. The molecule has 0 aliphatic heterocycles. The minimum absolute atomic E-state index is 0.0720. The summed E-state index contributed by atoms with van der Waals surface area (Å²) in [7, 11) is 3.18. The van der Waals surface area contributed by atoms with Gasteiger partial charge in [0.15, 0.2) is 5.78 Å². The monoisotopic (exact) mass is 386 g/mol. The molecular formula is C15H15IO4. The number of hydrogen-bond acceptors (Lipinski definition) is 4. The van der Waals surface area contributed by atoms with Crippen molar-refractivity contribution in [3.05, 3.63) is 51.6 Å². The zero-order chi connectivity index (χ0) is 14.6. The lowest BCUT2D eigenvalue weighted by atomic mass is 10.1. The van der Waals surface area contributed by atoms with Gasteiger partial charge in [0.1, 0.15) is 5.75 Å². The zero-order valence-electron chi connectivity index (χ0n) is 11.3. The molecule has 4 nitrogen and oxygen atoms in total. The van der Waals surface area contributed by atoms with Crippen LogP contribution >= 0.6 is 22.6 Å². The smallest absolute Gasteiger partial charge is 0.208 e. The predicted molar refractivity (Wildman–Crippen MR) is 83.5 cm³/mol. The molecule has 0 N–H and O–H groups in total. The Morgan fingerprint density at radius 1 is 1.20 bits per heavy atom. The Bertz CT molecular complexity index is 547. The van der Waals surface area contributed by atoms with Gasteiger partial charge in [-0.25, -0.2) is 0 Å². The lowest BCUT2D eigenvalue weighted by Gasteiger charge is -2.27. The molecule has 20 heavy (non-hydrogen) atoms. The van der Waals surface area contributed by atoms with Gasteiger partial charge in [-0.3, -0.25) is 4.79 Å². The second kappa shape index (κ2) is 6.51. The molecule has 0 heterocycles. The highest BCUT2D eigenvalue weighted by Gasteiger charge is 2.27. The quantitative estimate of drug-likeness (QED) is 0.577. The fraction of sp³-hybridized carbons (Fsp3) is 0.267. The Balaban J connectivity index is 2.14. The summed E-state index contributed by atoms with van der Waals surface area (Å²) in [6.07, 6.45) is 6.12. The van der Waals surface area contributed by atoms with E-state index in [1.54, 1.807) is 26.4 Å². The van der Waals surface area contributed by atoms with Crippen molar-refractivity contribution in [1.82, 2.24) is 0 Å². The molecule has 106 valence electrons. The molecule has 0 saturated heterocycles. The van der Waals surface area contributed by atoms with E-state index in [1.165, 1.54) is 12.2 Å². The predicted octanol–water partition coefficient (Wildman–Crippen LogP) is 2.85. The maximum atomic E-state index is 11.2. The minimum atomic E-state index is -0.986. The fourth-order valence-electron chi connectivity index (χ4n) is 1.81. The third-order valence-electron chi connectivity index (χ3n) is 3.00. The van der Waals surface area contributed by atoms with E-state index in [9.17, 15) is 4.79 Å². The van der Waals surface area contributed by atoms with Gasteiger partial charge in [0.2, 0.25) is 5.79 Å². The number of benzene rings is 1. The van der Waals surface area contributed by atoms with Crippen LogP contribution < -0.4 is 4.74 Å². The van der Waals surface area contributed by atoms with Crippen molar-refractivity contribution in [3.63, 3.8) is 0 Å². The van der Waals surface area contributed by atoms with Crippen LogP contribution in [0.2, 0.25) is 0 Å².